The Hall–Kier alpha value is -1.47. The predicted octanol–water partition coefficient (Wildman–Crippen LogP) is 2.52. The van der Waals surface area contributed by atoms with Gasteiger partial charge in [-0.15, -0.1) is 0 Å². The Morgan fingerprint density at radius 3 is 2.19 bits per heavy atom. The third kappa shape index (κ3) is 3.64. The van der Waals surface area contributed by atoms with Crippen LogP contribution in [0, 0.1) is 5.82 Å². The molecule has 1 aromatic rings. The lowest BCUT2D eigenvalue weighted by atomic mass is 9.77. The van der Waals surface area contributed by atoms with Gasteiger partial charge in [0.25, 0.3) is 0 Å². The quantitative estimate of drug-likeness (QED) is 0.804. The van der Waals surface area contributed by atoms with Gasteiger partial charge < -0.3 is 4.90 Å². The van der Waals surface area contributed by atoms with E-state index >= 15 is 0 Å². The fourth-order valence-electron chi connectivity index (χ4n) is 4.38. The van der Waals surface area contributed by atoms with Gasteiger partial charge in [0.05, 0.1) is 11.7 Å². The first-order chi connectivity index (χ1) is 12.2. The first-order valence-electron chi connectivity index (χ1n) is 9.22. The van der Waals surface area contributed by atoms with Gasteiger partial charge in [0.1, 0.15) is 5.82 Å². The highest BCUT2D eigenvalue weighted by atomic mass is 32.2. The maximum atomic E-state index is 13.4. The fourth-order valence-corrected chi connectivity index (χ4v) is 5.13. The zero-order valence-electron chi connectivity index (χ0n) is 15.4. The number of carbonyl (C=O) groups excluding carboxylic acids is 1. The van der Waals surface area contributed by atoms with Gasteiger partial charge in [-0.25, -0.2) is 17.1 Å². The number of rotatable bonds is 4. The molecule has 1 saturated carbocycles. The summed E-state index contributed by atoms with van der Waals surface area (Å²) in [5.41, 5.74) is 0.347. The molecule has 26 heavy (non-hydrogen) atoms. The summed E-state index contributed by atoms with van der Waals surface area (Å²) >= 11 is 0. The topological polar surface area (TPSA) is 57.7 Å². The standard InChI is InChI=1S/C19H27FN2O3S/c1-21(26(2,24)25)17-9-13-22(14-10-17)18(23)19(11-3-4-12-19)15-5-7-16(20)8-6-15/h5-8,17H,3-4,9-14H2,1-2H3. The molecule has 0 spiro atoms. The molecule has 5 nitrogen and oxygen atoms in total. The molecule has 2 fully saturated rings. The van der Waals surface area contributed by atoms with Crippen LogP contribution in [0.4, 0.5) is 4.39 Å². The van der Waals surface area contributed by atoms with Crippen LogP contribution in [0.5, 0.6) is 0 Å². The minimum Gasteiger partial charge on any atom is -0.342 e. The van der Waals surface area contributed by atoms with Crippen LogP contribution in [-0.2, 0) is 20.2 Å². The normalized spacial score (nSPS) is 21.3. The smallest absolute Gasteiger partial charge is 0.233 e. The number of benzene rings is 1. The minimum absolute atomic E-state index is 0.0561. The van der Waals surface area contributed by atoms with Crippen molar-refractivity contribution in [2.45, 2.75) is 50.0 Å². The summed E-state index contributed by atoms with van der Waals surface area (Å²) in [6.07, 6.45) is 6.09. The average molecular weight is 383 g/mol. The lowest BCUT2D eigenvalue weighted by Crippen LogP contribution is -2.52. The number of nitrogens with zero attached hydrogens (tertiary/aromatic N) is 2. The van der Waals surface area contributed by atoms with Crippen LogP contribution >= 0.6 is 0 Å². The number of hydrogen-bond donors (Lipinski definition) is 0. The molecule has 144 valence electrons. The van der Waals surface area contributed by atoms with E-state index in [9.17, 15) is 17.6 Å². The average Bonchev–Trinajstić information content (AvgIpc) is 3.11. The van der Waals surface area contributed by atoms with E-state index in [0.29, 0.717) is 25.9 Å². The highest BCUT2D eigenvalue weighted by molar-refractivity contribution is 7.88. The molecule has 0 N–H and O–H groups in total. The molecule has 0 bridgehead atoms. The third-order valence-electron chi connectivity index (χ3n) is 6.05. The molecule has 0 unspecified atom stereocenters. The SMILES string of the molecule is CN(C1CCN(C(=O)C2(c3ccc(F)cc3)CCCC2)CC1)S(C)(=O)=O. The van der Waals surface area contributed by atoms with Crippen molar-refractivity contribution in [3.05, 3.63) is 35.6 Å². The first-order valence-corrected chi connectivity index (χ1v) is 11.1. The molecule has 1 heterocycles. The van der Waals surface area contributed by atoms with Crippen molar-refractivity contribution in [3.63, 3.8) is 0 Å². The van der Waals surface area contributed by atoms with E-state index < -0.39 is 15.4 Å². The number of amides is 1. The number of hydrogen-bond acceptors (Lipinski definition) is 3. The Morgan fingerprint density at radius 1 is 1.15 bits per heavy atom. The summed E-state index contributed by atoms with van der Waals surface area (Å²) in [6, 6.07) is 6.27. The zero-order chi connectivity index (χ0) is 18.9. The first kappa shape index (κ1) is 19.3. The minimum atomic E-state index is -3.22. The van der Waals surface area contributed by atoms with Gasteiger partial charge in [-0.2, -0.15) is 0 Å². The van der Waals surface area contributed by atoms with Crippen molar-refractivity contribution in [2.24, 2.45) is 0 Å². The van der Waals surface area contributed by atoms with E-state index in [1.54, 1.807) is 19.2 Å². The lowest BCUT2D eigenvalue weighted by molar-refractivity contribution is -0.138. The van der Waals surface area contributed by atoms with Gasteiger partial charge in [-0.3, -0.25) is 4.79 Å². The highest BCUT2D eigenvalue weighted by Gasteiger charge is 2.45. The zero-order valence-corrected chi connectivity index (χ0v) is 16.3. The van der Waals surface area contributed by atoms with Crippen molar-refractivity contribution < 1.29 is 17.6 Å². The van der Waals surface area contributed by atoms with Crippen molar-refractivity contribution in [3.8, 4) is 0 Å². The van der Waals surface area contributed by atoms with E-state index in [1.165, 1.54) is 22.7 Å². The summed E-state index contributed by atoms with van der Waals surface area (Å²) in [4.78, 5) is 15.3. The number of piperidine rings is 1. The van der Waals surface area contributed by atoms with E-state index in [2.05, 4.69) is 0 Å². The number of halogens is 1. The van der Waals surface area contributed by atoms with Gasteiger partial charge in [-0.05, 0) is 43.4 Å². The van der Waals surface area contributed by atoms with Crippen molar-refractivity contribution in [1.29, 1.82) is 0 Å². The second kappa shape index (κ2) is 7.27. The van der Waals surface area contributed by atoms with Gasteiger partial charge >= 0.3 is 0 Å². The molecule has 3 rings (SSSR count). The summed E-state index contributed by atoms with van der Waals surface area (Å²) in [5, 5.41) is 0. The lowest BCUT2D eigenvalue weighted by Gasteiger charge is -2.40. The van der Waals surface area contributed by atoms with Crippen LogP contribution in [0.15, 0.2) is 24.3 Å². The van der Waals surface area contributed by atoms with Crippen molar-refractivity contribution >= 4 is 15.9 Å². The largest absolute Gasteiger partial charge is 0.342 e. The van der Waals surface area contributed by atoms with Crippen LogP contribution in [0.3, 0.4) is 0 Å². The molecule has 7 heteroatoms. The highest BCUT2D eigenvalue weighted by Crippen LogP contribution is 2.43. The molecule has 1 amide bonds. The molecule has 1 aliphatic heterocycles. The van der Waals surface area contributed by atoms with Crippen molar-refractivity contribution in [1.82, 2.24) is 9.21 Å². The maximum Gasteiger partial charge on any atom is 0.233 e. The summed E-state index contributed by atoms with van der Waals surface area (Å²) in [7, 11) is -1.61. The second-order valence-corrected chi connectivity index (χ2v) is 9.64. The van der Waals surface area contributed by atoms with Crippen LogP contribution in [0.2, 0.25) is 0 Å². The molecule has 1 aromatic carbocycles. The van der Waals surface area contributed by atoms with Crippen molar-refractivity contribution in [2.75, 3.05) is 26.4 Å². The summed E-state index contributed by atoms with van der Waals surface area (Å²) in [5.74, 6) is -0.180. The molecule has 0 radical (unpaired) electrons. The van der Waals surface area contributed by atoms with E-state index in [1.807, 2.05) is 4.90 Å². The van der Waals surface area contributed by atoms with Crippen LogP contribution < -0.4 is 0 Å². The van der Waals surface area contributed by atoms with Gasteiger partial charge in [0.15, 0.2) is 0 Å². The van der Waals surface area contributed by atoms with Crippen LogP contribution in [0.1, 0.15) is 44.1 Å². The third-order valence-corrected chi connectivity index (χ3v) is 7.40. The Balaban J connectivity index is 1.75. The molecular weight excluding hydrogens is 355 g/mol. The summed E-state index contributed by atoms with van der Waals surface area (Å²) < 4.78 is 38.2. The van der Waals surface area contributed by atoms with Gasteiger partial charge in [0.2, 0.25) is 15.9 Å². The number of sulfonamides is 1. The van der Waals surface area contributed by atoms with Crippen LogP contribution in [0.25, 0.3) is 0 Å². The molecule has 0 atom stereocenters. The Morgan fingerprint density at radius 2 is 1.69 bits per heavy atom. The van der Waals surface area contributed by atoms with Gasteiger partial charge in [-0.1, -0.05) is 25.0 Å². The summed E-state index contributed by atoms with van der Waals surface area (Å²) in [6.45, 7) is 1.12. The molecule has 2 aliphatic rings. The Bertz CT molecular complexity index is 749. The van der Waals surface area contributed by atoms with Crippen LogP contribution in [-0.4, -0.2) is 56.0 Å². The molecule has 1 saturated heterocycles. The molecular formula is C19H27FN2O3S. The van der Waals surface area contributed by atoms with Gasteiger partial charge in [0, 0.05) is 26.2 Å². The predicted molar refractivity (Wildman–Crippen MR) is 98.8 cm³/mol. The van der Waals surface area contributed by atoms with E-state index in [0.717, 1.165) is 31.2 Å². The van der Waals surface area contributed by atoms with E-state index in [-0.39, 0.29) is 17.8 Å². The Labute approximate surface area is 155 Å². The van der Waals surface area contributed by atoms with E-state index in [4.69, 9.17) is 0 Å². The number of likely N-dealkylation sites (tertiary alicyclic amines) is 1. The second-order valence-electron chi connectivity index (χ2n) is 7.60. The Kier molecular flexibility index (Phi) is 5.40. The maximum absolute atomic E-state index is 13.4. The monoisotopic (exact) mass is 382 g/mol. The molecule has 1 aliphatic carbocycles. The fraction of sp³-hybridized carbons (Fsp3) is 0.632. The number of carbonyl (C=O) groups is 1. The molecule has 0 aromatic heterocycles.